The van der Waals surface area contributed by atoms with Crippen molar-refractivity contribution in [2.45, 2.75) is 12.8 Å². The second kappa shape index (κ2) is 4.21. The summed E-state index contributed by atoms with van der Waals surface area (Å²) < 4.78 is 0. The molecule has 2 aromatic heterocycles. The number of aromatic amines is 1. The van der Waals surface area contributed by atoms with Crippen LogP contribution in [0.4, 0.5) is 5.82 Å². The van der Waals surface area contributed by atoms with E-state index in [0.717, 1.165) is 34.6 Å². The van der Waals surface area contributed by atoms with E-state index in [0.29, 0.717) is 10.8 Å². The number of aromatic nitrogens is 2. The van der Waals surface area contributed by atoms with E-state index in [1.807, 2.05) is 24.3 Å². The van der Waals surface area contributed by atoms with Gasteiger partial charge in [0.15, 0.2) is 5.82 Å². The van der Waals surface area contributed by atoms with Crippen LogP contribution in [-0.2, 0) is 4.79 Å². The number of amides is 1. The first-order valence-electron chi connectivity index (χ1n) is 6.59. The molecular weight excluding hydrogens is 274 g/mol. The number of hydrogen-bond acceptors (Lipinski definition) is 2. The molecule has 20 heavy (non-hydrogen) atoms. The SMILES string of the molecule is O=C(Nc1nccc2c1[nH]c1cc(Cl)ccc12)C1CC1. The summed E-state index contributed by atoms with van der Waals surface area (Å²) in [5, 5.41) is 5.71. The Hall–Kier alpha value is -2.07. The zero-order chi connectivity index (χ0) is 13.7. The lowest BCUT2D eigenvalue weighted by molar-refractivity contribution is -0.117. The van der Waals surface area contributed by atoms with E-state index < -0.39 is 0 Å². The largest absolute Gasteiger partial charge is 0.351 e. The normalized spacial score (nSPS) is 14.8. The maximum atomic E-state index is 11.9. The van der Waals surface area contributed by atoms with Crippen molar-refractivity contribution in [3.05, 3.63) is 35.5 Å². The minimum Gasteiger partial charge on any atom is -0.351 e. The topological polar surface area (TPSA) is 57.8 Å². The fraction of sp³-hybridized carbons (Fsp3) is 0.200. The fourth-order valence-electron chi connectivity index (χ4n) is 2.46. The molecule has 1 saturated carbocycles. The van der Waals surface area contributed by atoms with Crippen LogP contribution < -0.4 is 5.32 Å². The number of carbonyl (C=O) groups is 1. The summed E-state index contributed by atoms with van der Waals surface area (Å²) in [6.07, 6.45) is 3.67. The molecule has 4 rings (SSSR count). The maximum absolute atomic E-state index is 11.9. The maximum Gasteiger partial charge on any atom is 0.228 e. The van der Waals surface area contributed by atoms with Gasteiger partial charge in [0.2, 0.25) is 5.91 Å². The molecule has 2 heterocycles. The molecule has 100 valence electrons. The molecule has 0 bridgehead atoms. The number of halogens is 1. The van der Waals surface area contributed by atoms with Crippen LogP contribution >= 0.6 is 11.6 Å². The molecule has 0 aliphatic heterocycles. The van der Waals surface area contributed by atoms with Gasteiger partial charge in [-0.15, -0.1) is 0 Å². The zero-order valence-electron chi connectivity index (χ0n) is 10.6. The van der Waals surface area contributed by atoms with Gasteiger partial charge in [-0.05, 0) is 31.0 Å². The second-order valence-corrected chi connectivity index (χ2v) is 5.60. The number of fused-ring (bicyclic) bond motifs is 3. The van der Waals surface area contributed by atoms with Crippen LogP contribution in [0.1, 0.15) is 12.8 Å². The molecule has 4 nitrogen and oxygen atoms in total. The molecular formula is C15H12ClN3O. The highest BCUT2D eigenvalue weighted by molar-refractivity contribution is 6.31. The summed E-state index contributed by atoms with van der Waals surface area (Å²) in [6.45, 7) is 0. The van der Waals surface area contributed by atoms with Gasteiger partial charge in [-0.1, -0.05) is 17.7 Å². The molecule has 0 radical (unpaired) electrons. The number of nitrogens with zero attached hydrogens (tertiary/aromatic N) is 1. The number of rotatable bonds is 2. The third-order valence-corrected chi connectivity index (χ3v) is 3.91. The van der Waals surface area contributed by atoms with Crippen molar-refractivity contribution in [3.8, 4) is 0 Å². The third kappa shape index (κ3) is 1.84. The third-order valence-electron chi connectivity index (χ3n) is 3.67. The predicted octanol–water partition coefficient (Wildman–Crippen LogP) is 3.72. The molecule has 0 atom stereocenters. The lowest BCUT2D eigenvalue weighted by Crippen LogP contribution is -2.14. The van der Waals surface area contributed by atoms with Crippen molar-refractivity contribution in [1.29, 1.82) is 0 Å². The van der Waals surface area contributed by atoms with Gasteiger partial charge in [-0.25, -0.2) is 4.98 Å². The Morgan fingerprint density at radius 1 is 1.30 bits per heavy atom. The Morgan fingerprint density at radius 2 is 2.15 bits per heavy atom. The van der Waals surface area contributed by atoms with E-state index in [4.69, 9.17) is 11.6 Å². The highest BCUT2D eigenvalue weighted by Crippen LogP contribution is 2.33. The van der Waals surface area contributed by atoms with Crippen molar-refractivity contribution in [2.75, 3.05) is 5.32 Å². The van der Waals surface area contributed by atoms with Crippen molar-refractivity contribution in [2.24, 2.45) is 5.92 Å². The Labute approximate surface area is 120 Å². The summed E-state index contributed by atoms with van der Waals surface area (Å²) in [6, 6.07) is 7.65. The summed E-state index contributed by atoms with van der Waals surface area (Å²) in [7, 11) is 0. The van der Waals surface area contributed by atoms with Crippen LogP contribution in [0.15, 0.2) is 30.5 Å². The second-order valence-electron chi connectivity index (χ2n) is 5.16. The number of hydrogen-bond donors (Lipinski definition) is 2. The molecule has 0 unspecified atom stereocenters. The predicted molar refractivity (Wildman–Crippen MR) is 80.0 cm³/mol. The number of nitrogens with one attached hydrogen (secondary N) is 2. The Morgan fingerprint density at radius 3 is 2.95 bits per heavy atom. The average Bonchev–Trinajstić information content (AvgIpc) is 3.21. The Bertz CT molecular complexity index is 836. The van der Waals surface area contributed by atoms with Gasteiger partial charge in [0, 0.05) is 33.4 Å². The number of H-pyrrole nitrogens is 1. The lowest BCUT2D eigenvalue weighted by Gasteiger charge is -2.04. The van der Waals surface area contributed by atoms with E-state index in [1.54, 1.807) is 6.20 Å². The van der Waals surface area contributed by atoms with Gasteiger partial charge in [0.1, 0.15) is 0 Å². The molecule has 3 aromatic rings. The molecule has 1 aromatic carbocycles. The van der Waals surface area contributed by atoms with Crippen molar-refractivity contribution in [3.63, 3.8) is 0 Å². The zero-order valence-corrected chi connectivity index (χ0v) is 11.4. The lowest BCUT2D eigenvalue weighted by atomic mass is 10.2. The Kier molecular flexibility index (Phi) is 2.47. The van der Waals surface area contributed by atoms with Gasteiger partial charge in [-0.3, -0.25) is 4.79 Å². The molecule has 1 aliphatic rings. The fourth-order valence-corrected chi connectivity index (χ4v) is 2.63. The summed E-state index contributed by atoms with van der Waals surface area (Å²) in [5.74, 6) is 0.805. The van der Waals surface area contributed by atoms with Gasteiger partial charge in [-0.2, -0.15) is 0 Å². The molecule has 1 amide bonds. The number of carbonyl (C=O) groups excluding carboxylic acids is 1. The molecule has 5 heteroatoms. The highest BCUT2D eigenvalue weighted by atomic mass is 35.5. The minimum absolute atomic E-state index is 0.0571. The minimum atomic E-state index is 0.0571. The standard InChI is InChI=1S/C15H12ClN3O/c16-9-3-4-10-11-5-6-17-14(13(11)18-12(10)7-9)19-15(20)8-1-2-8/h3-8,18H,1-2H2,(H,17,19,20). The highest BCUT2D eigenvalue weighted by Gasteiger charge is 2.30. The Balaban J connectivity index is 1.88. The average molecular weight is 286 g/mol. The molecule has 2 N–H and O–H groups in total. The van der Waals surface area contributed by atoms with E-state index in [-0.39, 0.29) is 11.8 Å². The van der Waals surface area contributed by atoms with Gasteiger partial charge in [0.05, 0.1) is 5.52 Å². The smallest absolute Gasteiger partial charge is 0.228 e. The van der Waals surface area contributed by atoms with Gasteiger partial charge >= 0.3 is 0 Å². The van der Waals surface area contributed by atoms with Crippen LogP contribution in [0.2, 0.25) is 5.02 Å². The summed E-state index contributed by atoms with van der Waals surface area (Å²) >= 11 is 6.01. The monoisotopic (exact) mass is 285 g/mol. The van der Waals surface area contributed by atoms with E-state index >= 15 is 0 Å². The number of pyridine rings is 1. The summed E-state index contributed by atoms with van der Waals surface area (Å²) in [5.41, 5.74) is 1.79. The van der Waals surface area contributed by atoms with Crippen LogP contribution in [0.25, 0.3) is 21.8 Å². The van der Waals surface area contributed by atoms with Gasteiger partial charge < -0.3 is 10.3 Å². The van der Waals surface area contributed by atoms with E-state index in [9.17, 15) is 4.79 Å². The van der Waals surface area contributed by atoms with Crippen LogP contribution in [0, 0.1) is 5.92 Å². The van der Waals surface area contributed by atoms with Crippen LogP contribution in [0.3, 0.4) is 0 Å². The van der Waals surface area contributed by atoms with Crippen LogP contribution in [-0.4, -0.2) is 15.9 Å². The van der Waals surface area contributed by atoms with E-state index in [2.05, 4.69) is 15.3 Å². The first-order chi connectivity index (χ1) is 9.72. The number of benzene rings is 1. The van der Waals surface area contributed by atoms with Crippen molar-refractivity contribution < 1.29 is 4.79 Å². The van der Waals surface area contributed by atoms with E-state index in [1.165, 1.54) is 0 Å². The van der Waals surface area contributed by atoms with Crippen molar-refractivity contribution in [1.82, 2.24) is 9.97 Å². The number of anilines is 1. The quantitative estimate of drug-likeness (QED) is 0.754. The molecule has 1 aliphatic carbocycles. The van der Waals surface area contributed by atoms with Gasteiger partial charge in [0.25, 0.3) is 0 Å². The van der Waals surface area contributed by atoms with Crippen molar-refractivity contribution >= 4 is 45.1 Å². The molecule has 1 fully saturated rings. The first-order valence-corrected chi connectivity index (χ1v) is 6.97. The first kappa shape index (κ1) is 11.7. The summed E-state index contributed by atoms with van der Waals surface area (Å²) in [4.78, 5) is 19.5. The molecule has 0 saturated heterocycles. The molecule has 0 spiro atoms. The van der Waals surface area contributed by atoms with Crippen LogP contribution in [0.5, 0.6) is 0 Å².